The van der Waals surface area contributed by atoms with Gasteiger partial charge < -0.3 is 5.32 Å². The fourth-order valence-electron chi connectivity index (χ4n) is 4.27. The third-order valence-corrected chi connectivity index (χ3v) is 5.85. The Morgan fingerprint density at radius 2 is 2.00 bits per heavy atom. The van der Waals surface area contributed by atoms with Crippen LogP contribution in [-0.4, -0.2) is 48.7 Å². The van der Waals surface area contributed by atoms with Crippen molar-refractivity contribution in [2.75, 3.05) is 19.6 Å². The topological polar surface area (TPSA) is 65.6 Å². The summed E-state index contributed by atoms with van der Waals surface area (Å²) in [6.45, 7) is 2.89. The molecule has 3 atom stereocenters. The second-order valence-corrected chi connectivity index (χ2v) is 7.88. The van der Waals surface area contributed by atoms with Crippen LogP contribution >= 0.6 is 0 Å². The Morgan fingerprint density at radius 3 is 2.78 bits per heavy atom. The van der Waals surface area contributed by atoms with Crippen LogP contribution in [0.1, 0.15) is 51.4 Å². The minimum absolute atomic E-state index is 0.0967. The summed E-state index contributed by atoms with van der Waals surface area (Å²) in [5.74, 6) is 1.61. The number of hydrazine groups is 1. The number of nitrogens with zero attached hydrogens (tertiary/aromatic N) is 1. The predicted octanol–water partition coefficient (Wildman–Crippen LogP) is 0.944. The lowest BCUT2D eigenvalue weighted by Gasteiger charge is -2.26. The normalized spacial score (nSPS) is 36.4. The Balaban J connectivity index is 1.18. The van der Waals surface area contributed by atoms with Gasteiger partial charge in [-0.2, -0.15) is 5.48 Å². The summed E-state index contributed by atoms with van der Waals surface area (Å²) in [5.41, 5.74) is 6.39. The average Bonchev–Trinajstić information content (AvgIpc) is 3.13. The van der Waals surface area contributed by atoms with Crippen LogP contribution < -0.4 is 16.2 Å². The molecule has 3 unspecified atom stereocenters. The number of carbonyl (C=O) groups is 1. The highest BCUT2D eigenvalue weighted by Crippen LogP contribution is 2.37. The summed E-state index contributed by atoms with van der Waals surface area (Å²) in [6, 6.07) is 0.0425. The highest BCUT2D eigenvalue weighted by molar-refractivity contribution is 5.82. The van der Waals surface area contributed by atoms with Crippen LogP contribution in [0.4, 0.5) is 0 Å². The van der Waals surface area contributed by atoms with E-state index in [0.717, 1.165) is 32.0 Å². The molecule has 0 aromatic carbocycles. The van der Waals surface area contributed by atoms with Gasteiger partial charge in [-0.1, -0.05) is 19.3 Å². The van der Waals surface area contributed by atoms with Crippen LogP contribution in [0.15, 0.2) is 0 Å². The lowest BCUT2D eigenvalue weighted by molar-refractivity contribution is -0.124. The third kappa shape index (κ3) is 4.05. The van der Waals surface area contributed by atoms with E-state index in [4.69, 9.17) is 4.84 Å². The maximum atomic E-state index is 12.4. The zero-order valence-corrected chi connectivity index (χ0v) is 13.9. The summed E-state index contributed by atoms with van der Waals surface area (Å²) in [4.78, 5) is 17.9. The van der Waals surface area contributed by atoms with Gasteiger partial charge in [-0.15, -0.1) is 0 Å². The van der Waals surface area contributed by atoms with E-state index < -0.39 is 0 Å². The van der Waals surface area contributed by atoms with Crippen LogP contribution in [0.2, 0.25) is 0 Å². The molecule has 2 heterocycles. The Labute approximate surface area is 138 Å². The highest BCUT2D eigenvalue weighted by Gasteiger charge is 2.41. The van der Waals surface area contributed by atoms with Crippen molar-refractivity contribution >= 4 is 5.91 Å². The molecule has 6 heteroatoms. The number of carbonyl (C=O) groups excluding carboxylic acids is 1. The van der Waals surface area contributed by atoms with Crippen LogP contribution in [0.3, 0.4) is 0 Å². The van der Waals surface area contributed by atoms with Gasteiger partial charge in [-0.25, -0.2) is 5.01 Å². The SMILES string of the molecule is O=C(NC1CNN(CC2CCCCC2)C1)C1CC(C2CC2)ON1. The lowest BCUT2D eigenvalue weighted by atomic mass is 9.89. The molecule has 4 aliphatic rings. The van der Waals surface area contributed by atoms with Crippen molar-refractivity contribution in [1.82, 2.24) is 21.2 Å². The number of hydroxylamine groups is 1. The predicted molar refractivity (Wildman–Crippen MR) is 87.2 cm³/mol. The molecule has 0 bridgehead atoms. The number of rotatable bonds is 5. The number of hydrogen-bond donors (Lipinski definition) is 3. The van der Waals surface area contributed by atoms with Crippen molar-refractivity contribution < 1.29 is 9.63 Å². The van der Waals surface area contributed by atoms with Gasteiger partial charge in [0.15, 0.2) is 0 Å². The summed E-state index contributed by atoms with van der Waals surface area (Å²) < 4.78 is 0. The maximum absolute atomic E-state index is 12.4. The minimum atomic E-state index is -0.173. The molecule has 2 saturated carbocycles. The van der Waals surface area contributed by atoms with Crippen molar-refractivity contribution in [3.8, 4) is 0 Å². The zero-order chi connectivity index (χ0) is 15.6. The second kappa shape index (κ2) is 7.05. The molecule has 2 saturated heterocycles. The first-order valence-electron chi connectivity index (χ1n) is 9.48. The molecule has 0 radical (unpaired) electrons. The number of amides is 1. The Kier molecular flexibility index (Phi) is 4.85. The summed E-state index contributed by atoms with van der Waals surface area (Å²) >= 11 is 0. The summed E-state index contributed by atoms with van der Waals surface area (Å²) in [7, 11) is 0. The molecule has 2 aliphatic heterocycles. The molecule has 3 N–H and O–H groups in total. The largest absolute Gasteiger partial charge is 0.349 e. The highest BCUT2D eigenvalue weighted by atomic mass is 16.7. The van der Waals surface area contributed by atoms with E-state index in [0.29, 0.717) is 5.92 Å². The van der Waals surface area contributed by atoms with Crippen LogP contribution in [0.25, 0.3) is 0 Å². The number of nitrogens with one attached hydrogen (secondary N) is 3. The van der Waals surface area contributed by atoms with Crippen molar-refractivity contribution in [3.05, 3.63) is 0 Å². The summed E-state index contributed by atoms with van der Waals surface area (Å²) in [6.07, 6.45) is 10.5. The van der Waals surface area contributed by atoms with E-state index in [1.165, 1.54) is 44.9 Å². The molecule has 0 spiro atoms. The maximum Gasteiger partial charge on any atom is 0.239 e. The standard InChI is InChI=1S/C17H30N4O2/c22-17(15-8-16(23-20-15)13-6-7-13)19-14-9-18-21(11-14)10-12-4-2-1-3-5-12/h12-16,18,20H,1-11H2,(H,19,22). The zero-order valence-electron chi connectivity index (χ0n) is 13.9. The fourth-order valence-corrected chi connectivity index (χ4v) is 4.27. The molecule has 23 heavy (non-hydrogen) atoms. The summed E-state index contributed by atoms with van der Waals surface area (Å²) in [5, 5.41) is 5.49. The Hall–Kier alpha value is -0.690. The molecular formula is C17H30N4O2. The monoisotopic (exact) mass is 322 g/mol. The quantitative estimate of drug-likeness (QED) is 0.703. The first-order valence-corrected chi connectivity index (χ1v) is 9.48. The van der Waals surface area contributed by atoms with Gasteiger partial charge in [0.25, 0.3) is 0 Å². The van der Waals surface area contributed by atoms with Crippen LogP contribution in [0, 0.1) is 11.8 Å². The second-order valence-electron chi connectivity index (χ2n) is 7.88. The van der Waals surface area contributed by atoms with Gasteiger partial charge in [0.05, 0.1) is 12.1 Å². The first-order chi connectivity index (χ1) is 11.3. The minimum Gasteiger partial charge on any atom is -0.349 e. The van der Waals surface area contributed by atoms with Gasteiger partial charge in [0, 0.05) is 26.1 Å². The smallest absolute Gasteiger partial charge is 0.239 e. The van der Waals surface area contributed by atoms with E-state index in [-0.39, 0.29) is 24.1 Å². The van der Waals surface area contributed by atoms with Gasteiger partial charge >= 0.3 is 0 Å². The molecule has 0 aromatic heterocycles. The lowest BCUT2D eigenvalue weighted by Crippen LogP contribution is -2.47. The first kappa shape index (κ1) is 15.8. The molecule has 0 aromatic rings. The van der Waals surface area contributed by atoms with Crippen LogP contribution in [0.5, 0.6) is 0 Å². The van der Waals surface area contributed by atoms with Gasteiger partial charge in [0.1, 0.15) is 6.04 Å². The van der Waals surface area contributed by atoms with Crippen molar-refractivity contribution in [2.45, 2.75) is 69.6 Å². The van der Waals surface area contributed by atoms with E-state index in [2.05, 4.69) is 21.2 Å². The van der Waals surface area contributed by atoms with Gasteiger partial charge in [-0.05, 0) is 37.5 Å². The number of hydrogen-bond acceptors (Lipinski definition) is 5. The molecule has 4 fully saturated rings. The van der Waals surface area contributed by atoms with Crippen LogP contribution in [-0.2, 0) is 9.63 Å². The Morgan fingerprint density at radius 1 is 1.17 bits per heavy atom. The fraction of sp³-hybridized carbons (Fsp3) is 0.941. The van der Waals surface area contributed by atoms with Crippen molar-refractivity contribution in [1.29, 1.82) is 0 Å². The van der Waals surface area contributed by atoms with Crippen molar-refractivity contribution in [3.63, 3.8) is 0 Å². The van der Waals surface area contributed by atoms with E-state index >= 15 is 0 Å². The van der Waals surface area contributed by atoms with Gasteiger partial charge in [-0.3, -0.25) is 15.1 Å². The van der Waals surface area contributed by atoms with Gasteiger partial charge in [0.2, 0.25) is 5.91 Å². The average molecular weight is 322 g/mol. The Bertz CT molecular complexity index is 423. The van der Waals surface area contributed by atoms with E-state index in [1.54, 1.807) is 0 Å². The molecule has 130 valence electrons. The van der Waals surface area contributed by atoms with E-state index in [1.807, 2.05) is 0 Å². The van der Waals surface area contributed by atoms with E-state index in [9.17, 15) is 4.79 Å². The van der Waals surface area contributed by atoms with Crippen molar-refractivity contribution in [2.24, 2.45) is 11.8 Å². The molecule has 4 rings (SSSR count). The molecular weight excluding hydrogens is 292 g/mol. The molecule has 6 nitrogen and oxygen atoms in total. The third-order valence-electron chi connectivity index (χ3n) is 5.85. The molecule has 1 amide bonds. The molecule has 2 aliphatic carbocycles.